The summed E-state index contributed by atoms with van der Waals surface area (Å²) < 4.78 is 27.1. The second kappa shape index (κ2) is 5.77. The minimum atomic E-state index is -0.492. The molecule has 7 heteroatoms. The average Bonchev–Trinajstić information content (AvgIpc) is 3.35. The van der Waals surface area contributed by atoms with E-state index in [1.54, 1.807) is 6.07 Å². The first-order chi connectivity index (χ1) is 13.2. The number of hydrogen-bond donors (Lipinski definition) is 0. The highest BCUT2D eigenvalue weighted by Crippen LogP contribution is 2.46. The molecule has 27 heavy (non-hydrogen) atoms. The van der Waals surface area contributed by atoms with Crippen LogP contribution in [0.1, 0.15) is 16.1 Å². The van der Waals surface area contributed by atoms with E-state index in [4.69, 9.17) is 23.7 Å². The predicted molar refractivity (Wildman–Crippen MR) is 95.5 cm³/mol. The molecule has 0 saturated carbocycles. The van der Waals surface area contributed by atoms with Crippen LogP contribution in [0.3, 0.4) is 0 Å². The summed E-state index contributed by atoms with van der Waals surface area (Å²) in [4.78, 5) is 16.8. The number of nitrogens with zero attached hydrogens (tertiary/aromatic N) is 1. The first kappa shape index (κ1) is 15.7. The first-order valence-electron chi connectivity index (χ1n) is 8.38. The third kappa shape index (κ3) is 2.28. The Morgan fingerprint density at radius 1 is 1.00 bits per heavy atom. The maximum absolute atomic E-state index is 12.3. The van der Waals surface area contributed by atoms with Crippen LogP contribution in [0.25, 0.3) is 22.0 Å². The fourth-order valence-electron chi connectivity index (χ4n) is 3.52. The van der Waals surface area contributed by atoms with Gasteiger partial charge >= 0.3 is 5.97 Å². The molecule has 7 nitrogen and oxygen atoms in total. The Balaban J connectivity index is 1.87. The molecule has 0 unspecified atom stereocenters. The standard InChI is InChI=1S/C20H15NO6/c1-10-16(11-3-5-13-15(7-11)26-8-24-13)17-12(21-18(10)20(22)23-2)4-6-14-19(17)27-9-25-14/h3-7H,8-9H2,1-2H3. The van der Waals surface area contributed by atoms with Gasteiger partial charge in [-0.3, -0.25) is 0 Å². The Labute approximate surface area is 154 Å². The summed E-state index contributed by atoms with van der Waals surface area (Å²) in [5.41, 5.74) is 3.26. The van der Waals surface area contributed by atoms with Crippen LogP contribution in [0.5, 0.6) is 23.0 Å². The summed E-state index contributed by atoms with van der Waals surface area (Å²) >= 11 is 0. The van der Waals surface area contributed by atoms with Gasteiger partial charge in [0.2, 0.25) is 13.6 Å². The minimum Gasteiger partial charge on any atom is -0.464 e. The smallest absolute Gasteiger partial charge is 0.356 e. The molecule has 0 radical (unpaired) electrons. The molecule has 1 aromatic heterocycles. The number of pyridine rings is 1. The molecule has 2 aliphatic heterocycles. The Kier molecular flexibility index (Phi) is 3.36. The molecular weight excluding hydrogens is 350 g/mol. The van der Waals surface area contributed by atoms with Gasteiger partial charge in [-0.25, -0.2) is 9.78 Å². The van der Waals surface area contributed by atoms with Crippen molar-refractivity contribution in [1.82, 2.24) is 4.98 Å². The van der Waals surface area contributed by atoms with Crippen LogP contribution in [0, 0.1) is 6.92 Å². The molecule has 0 N–H and O–H groups in total. The molecule has 136 valence electrons. The number of benzene rings is 2. The van der Waals surface area contributed by atoms with E-state index in [1.165, 1.54) is 7.11 Å². The molecule has 3 aromatic rings. The summed E-state index contributed by atoms with van der Waals surface area (Å²) in [5.74, 6) is 2.12. The molecule has 0 spiro atoms. The molecule has 0 aliphatic carbocycles. The van der Waals surface area contributed by atoms with Gasteiger partial charge in [0.1, 0.15) is 0 Å². The van der Waals surface area contributed by atoms with Gasteiger partial charge in [0.25, 0.3) is 0 Å². The molecule has 3 heterocycles. The van der Waals surface area contributed by atoms with Gasteiger partial charge in [0.15, 0.2) is 28.7 Å². The van der Waals surface area contributed by atoms with Crippen LogP contribution in [0.2, 0.25) is 0 Å². The lowest BCUT2D eigenvalue weighted by atomic mass is 9.94. The number of aromatic nitrogens is 1. The zero-order valence-electron chi connectivity index (χ0n) is 14.7. The SMILES string of the molecule is COC(=O)c1nc2ccc3c(c2c(-c2ccc4c(c2)OCO4)c1C)OCO3. The molecule has 2 aliphatic rings. The highest BCUT2D eigenvalue weighted by atomic mass is 16.7. The number of rotatable bonds is 2. The molecular formula is C20H15NO6. The van der Waals surface area contributed by atoms with Gasteiger partial charge in [-0.1, -0.05) is 6.07 Å². The average molecular weight is 365 g/mol. The van der Waals surface area contributed by atoms with Gasteiger partial charge in [0, 0.05) is 5.56 Å². The maximum Gasteiger partial charge on any atom is 0.356 e. The first-order valence-corrected chi connectivity index (χ1v) is 8.38. The quantitative estimate of drug-likeness (QED) is 0.644. The summed E-state index contributed by atoms with van der Waals surface area (Å²) in [6, 6.07) is 9.26. The lowest BCUT2D eigenvalue weighted by molar-refractivity contribution is 0.0593. The second-order valence-electron chi connectivity index (χ2n) is 6.21. The van der Waals surface area contributed by atoms with Crippen LogP contribution in [0.15, 0.2) is 30.3 Å². The van der Waals surface area contributed by atoms with Crippen molar-refractivity contribution >= 4 is 16.9 Å². The fraction of sp³-hybridized carbons (Fsp3) is 0.200. The number of ether oxygens (including phenoxy) is 5. The summed E-state index contributed by atoms with van der Waals surface area (Å²) in [6.07, 6.45) is 0. The van der Waals surface area contributed by atoms with E-state index in [9.17, 15) is 4.79 Å². The Hall–Kier alpha value is -3.48. The molecule has 0 bridgehead atoms. The van der Waals surface area contributed by atoms with Gasteiger partial charge < -0.3 is 23.7 Å². The van der Waals surface area contributed by atoms with E-state index in [0.717, 1.165) is 16.5 Å². The number of carbonyl (C=O) groups is 1. The lowest BCUT2D eigenvalue weighted by Gasteiger charge is -2.15. The van der Waals surface area contributed by atoms with Gasteiger partial charge in [-0.15, -0.1) is 0 Å². The van der Waals surface area contributed by atoms with Gasteiger partial charge in [-0.05, 0) is 42.3 Å². The molecule has 0 fully saturated rings. The van der Waals surface area contributed by atoms with Crippen molar-refractivity contribution < 1.29 is 28.5 Å². The minimum absolute atomic E-state index is 0.146. The largest absolute Gasteiger partial charge is 0.464 e. The van der Waals surface area contributed by atoms with Crippen molar-refractivity contribution in [3.05, 3.63) is 41.6 Å². The number of fused-ring (bicyclic) bond motifs is 4. The third-order valence-electron chi connectivity index (χ3n) is 4.77. The monoisotopic (exact) mass is 365 g/mol. The van der Waals surface area contributed by atoms with Crippen molar-refractivity contribution in [2.45, 2.75) is 6.92 Å². The van der Waals surface area contributed by atoms with E-state index in [0.29, 0.717) is 34.1 Å². The van der Waals surface area contributed by atoms with E-state index in [-0.39, 0.29) is 19.3 Å². The van der Waals surface area contributed by atoms with Crippen LogP contribution in [0.4, 0.5) is 0 Å². The maximum atomic E-state index is 12.3. The zero-order valence-corrected chi connectivity index (χ0v) is 14.7. The van der Waals surface area contributed by atoms with E-state index in [1.807, 2.05) is 31.2 Å². The molecule has 2 aromatic carbocycles. The summed E-state index contributed by atoms with van der Waals surface area (Å²) in [7, 11) is 1.34. The lowest BCUT2D eigenvalue weighted by Crippen LogP contribution is -2.09. The summed E-state index contributed by atoms with van der Waals surface area (Å²) in [6.45, 7) is 2.18. The fourth-order valence-corrected chi connectivity index (χ4v) is 3.52. The van der Waals surface area contributed by atoms with Crippen LogP contribution >= 0.6 is 0 Å². The highest BCUT2D eigenvalue weighted by molar-refractivity contribution is 6.06. The van der Waals surface area contributed by atoms with Gasteiger partial charge in [0.05, 0.1) is 18.0 Å². The van der Waals surface area contributed by atoms with Crippen LogP contribution in [-0.2, 0) is 4.74 Å². The number of esters is 1. The number of hydrogen-bond acceptors (Lipinski definition) is 7. The summed E-state index contributed by atoms with van der Waals surface area (Å²) in [5, 5.41) is 0.786. The van der Waals surface area contributed by atoms with Crippen molar-refractivity contribution in [1.29, 1.82) is 0 Å². The van der Waals surface area contributed by atoms with Crippen molar-refractivity contribution in [2.75, 3.05) is 20.7 Å². The second-order valence-corrected chi connectivity index (χ2v) is 6.21. The number of carbonyl (C=O) groups excluding carboxylic acids is 1. The van der Waals surface area contributed by atoms with Crippen molar-refractivity contribution in [3.8, 4) is 34.1 Å². The Morgan fingerprint density at radius 3 is 2.59 bits per heavy atom. The van der Waals surface area contributed by atoms with E-state index in [2.05, 4.69) is 4.98 Å². The normalized spacial score (nSPS) is 13.9. The number of methoxy groups -OCH3 is 1. The molecule has 0 saturated heterocycles. The zero-order chi connectivity index (χ0) is 18.5. The topological polar surface area (TPSA) is 76.1 Å². The van der Waals surface area contributed by atoms with Crippen molar-refractivity contribution in [2.24, 2.45) is 0 Å². The Morgan fingerprint density at radius 2 is 1.74 bits per heavy atom. The van der Waals surface area contributed by atoms with Crippen molar-refractivity contribution in [3.63, 3.8) is 0 Å². The van der Waals surface area contributed by atoms with Crippen LogP contribution in [-0.4, -0.2) is 31.6 Å². The molecule has 5 rings (SSSR count). The molecule has 0 amide bonds. The van der Waals surface area contributed by atoms with Gasteiger partial charge in [-0.2, -0.15) is 0 Å². The third-order valence-corrected chi connectivity index (χ3v) is 4.77. The molecule has 0 atom stereocenters. The predicted octanol–water partition coefficient (Wildman–Crippen LogP) is 3.45. The van der Waals surface area contributed by atoms with E-state index < -0.39 is 5.97 Å². The Bertz CT molecular complexity index is 1110. The van der Waals surface area contributed by atoms with Crippen LogP contribution < -0.4 is 18.9 Å². The van der Waals surface area contributed by atoms with E-state index >= 15 is 0 Å². The highest BCUT2D eigenvalue weighted by Gasteiger charge is 2.26.